The number of rotatable bonds is 4. The molecule has 198 valence electrons. The highest BCUT2D eigenvalue weighted by molar-refractivity contribution is 5.83. The zero-order valence-electron chi connectivity index (χ0n) is 20.8. The molecule has 0 N–H and O–H groups in total. The van der Waals surface area contributed by atoms with Gasteiger partial charge >= 0.3 is 12.1 Å². The van der Waals surface area contributed by atoms with Gasteiger partial charge in [0.2, 0.25) is 5.91 Å². The number of esters is 1. The molecule has 2 fully saturated rings. The Morgan fingerprint density at radius 2 is 1.95 bits per heavy atom. The summed E-state index contributed by atoms with van der Waals surface area (Å²) >= 11 is 0. The van der Waals surface area contributed by atoms with Crippen molar-refractivity contribution in [3.05, 3.63) is 53.7 Å². The van der Waals surface area contributed by atoms with Gasteiger partial charge in [0.25, 0.3) is 0 Å². The predicted molar refractivity (Wildman–Crippen MR) is 132 cm³/mol. The third-order valence-corrected chi connectivity index (χ3v) is 7.68. The van der Waals surface area contributed by atoms with E-state index in [-0.39, 0.29) is 43.4 Å². The number of anilines is 2. The molecule has 5 rings (SSSR count). The van der Waals surface area contributed by atoms with Crippen molar-refractivity contribution < 1.29 is 27.5 Å². The standard InChI is InChI=1S/C27H31F3N4O3/c1-2-37-26(36)18-6-5-11-33(16-18)25(35)21-15-19-14-20(27(28,29)30)8-9-22(19)34-13-12-32(17-23(21)34)24-7-3-4-10-31-24/h3-4,7-10,14,18,21,23H,2,5-6,11-13,15-17H2,1H3. The number of benzene rings is 1. The Balaban J connectivity index is 1.45. The minimum atomic E-state index is -4.46. The number of aromatic nitrogens is 1. The number of ether oxygens (including phenoxy) is 1. The summed E-state index contributed by atoms with van der Waals surface area (Å²) in [6.45, 7) is 4.58. The van der Waals surface area contributed by atoms with E-state index < -0.39 is 17.7 Å². The van der Waals surface area contributed by atoms with Crippen LogP contribution in [0, 0.1) is 11.8 Å². The van der Waals surface area contributed by atoms with Crippen molar-refractivity contribution in [1.82, 2.24) is 9.88 Å². The topological polar surface area (TPSA) is 66.0 Å². The maximum Gasteiger partial charge on any atom is 0.416 e. The highest BCUT2D eigenvalue weighted by atomic mass is 19.4. The molecule has 3 atom stereocenters. The van der Waals surface area contributed by atoms with Crippen LogP contribution >= 0.6 is 0 Å². The number of carbonyl (C=O) groups excluding carboxylic acids is 2. The van der Waals surface area contributed by atoms with Gasteiger partial charge in [-0.05, 0) is 62.1 Å². The maximum atomic E-state index is 14.0. The van der Waals surface area contributed by atoms with Gasteiger partial charge < -0.3 is 19.4 Å². The lowest BCUT2D eigenvalue weighted by Crippen LogP contribution is -2.62. The molecule has 10 heteroatoms. The first-order valence-corrected chi connectivity index (χ1v) is 12.8. The third-order valence-electron chi connectivity index (χ3n) is 7.68. The number of likely N-dealkylation sites (tertiary alicyclic amines) is 1. The van der Waals surface area contributed by atoms with Crippen LogP contribution in [0.2, 0.25) is 0 Å². The van der Waals surface area contributed by atoms with Gasteiger partial charge in [-0.15, -0.1) is 0 Å². The first kappa shape index (κ1) is 25.4. The number of halogens is 3. The minimum Gasteiger partial charge on any atom is -0.466 e. The van der Waals surface area contributed by atoms with Crippen molar-refractivity contribution in [2.45, 2.75) is 38.4 Å². The molecule has 1 aromatic carbocycles. The Morgan fingerprint density at radius 1 is 1.11 bits per heavy atom. The van der Waals surface area contributed by atoms with Crippen LogP contribution in [0.3, 0.4) is 0 Å². The van der Waals surface area contributed by atoms with E-state index in [1.54, 1.807) is 24.1 Å². The number of hydrogen-bond acceptors (Lipinski definition) is 6. The average molecular weight is 517 g/mol. The number of piperazine rings is 1. The molecule has 1 aromatic heterocycles. The van der Waals surface area contributed by atoms with Crippen LogP contribution in [-0.4, -0.2) is 67.1 Å². The van der Waals surface area contributed by atoms with Gasteiger partial charge in [0.15, 0.2) is 0 Å². The highest BCUT2D eigenvalue weighted by Crippen LogP contribution is 2.41. The Labute approximate surface area is 214 Å². The van der Waals surface area contributed by atoms with E-state index in [2.05, 4.69) is 14.8 Å². The second-order valence-corrected chi connectivity index (χ2v) is 9.92. The second kappa shape index (κ2) is 10.2. The third kappa shape index (κ3) is 5.10. The highest BCUT2D eigenvalue weighted by Gasteiger charge is 2.45. The summed E-state index contributed by atoms with van der Waals surface area (Å²) in [7, 11) is 0. The van der Waals surface area contributed by atoms with Gasteiger partial charge in [0, 0.05) is 44.6 Å². The van der Waals surface area contributed by atoms with E-state index in [1.165, 1.54) is 6.07 Å². The van der Waals surface area contributed by atoms with Crippen molar-refractivity contribution in [2.75, 3.05) is 49.1 Å². The Morgan fingerprint density at radius 3 is 2.68 bits per heavy atom. The smallest absolute Gasteiger partial charge is 0.416 e. The van der Waals surface area contributed by atoms with Crippen molar-refractivity contribution in [3.63, 3.8) is 0 Å². The molecule has 0 aliphatic carbocycles. The van der Waals surface area contributed by atoms with Crippen LogP contribution < -0.4 is 9.80 Å². The van der Waals surface area contributed by atoms with Crippen LogP contribution in [-0.2, 0) is 26.9 Å². The number of fused-ring (bicyclic) bond motifs is 3. The largest absolute Gasteiger partial charge is 0.466 e. The summed E-state index contributed by atoms with van der Waals surface area (Å²) in [6.07, 6.45) is -1.17. The molecule has 37 heavy (non-hydrogen) atoms. The summed E-state index contributed by atoms with van der Waals surface area (Å²) in [5.41, 5.74) is 0.587. The molecule has 0 radical (unpaired) electrons. The lowest BCUT2D eigenvalue weighted by atomic mass is 9.82. The van der Waals surface area contributed by atoms with Crippen LogP contribution in [0.5, 0.6) is 0 Å². The molecule has 0 spiro atoms. The number of amides is 1. The molecule has 1 amide bonds. The van der Waals surface area contributed by atoms with Crippen molar-refractivity contribution in [2.24, 2.45) is 11.8 Å². The molecule has 3 unspecified atom stereocenters. The monoisotopic (exact) mass is 516 g/mol. The van der Waals surface area contributed by atoms with E-state index in [1.807, 2.05) is 18.2 Å². The number of carbonyl (C=O) groups is 2. The van der Waals surface area contributed by atoms with Gasteiger partial charge in [-0.1, -0.05) is 6.07 Å². The fourth-order valence-corrected chi connectivity index (χ4v) is 5.90. The van der Waals surface area contributed by atoms with E-state index >= 15 is 0 Å². The zero-order chi connectivity index (χ0) is 26.2. The van der Waals surface area contributed by atoms with Crippen LogP contribution in [0.15, 0.2) is 42.6 Å². The predicted octanol–water partition coefficient (Wildman–Crippen LogP) is 3.77. The number of pyridine rings is 1. The lowest BCUT2D eigenvalue weighted by Gasteiger charge is -2.50. The van der Waals surface area contributed by atoms with Gasteiger partial charge in [-0.2, -0.15) is 13.2 Å². The number of hydrogen-bond donors (Lipinski definition) is 0. The SMILES string of the molecule is CCOC(=O)C1CCCN(C(=O)C2Cc3cc(C(F)(F)F)ccc3N3CCN(c4ccccn4)CC23)C1. The molecule has 2 saturated heterocycles. The summed E-state index contributed by atoms with van der Waals surface area (Å²) in [5.74, 6) is -0.521. The molecular weight excluding hydrogens is 485 g/mol. The van der Waals surface area contributed by atoms with E-state index in [0.29, 0.717) is 44.6 Å². The van der Waals surface area contributed by atoms with Gasteiger partial charge in [0.1, 0.15) is 5.82 Å². The fourth-order valence-electron chi connectivity index (χ4n) is 5.90. The normalized spacial score (nSPS) is 23.8. The molecule has 2 aromatic rings. The number of nitrogens with zero attached hydrogens (tertiary/aromatic N) is 4. The molecule has 0 saturated carbocycles. The quantitative estimate of drug-likeness (QED) is 0.577. The fraction of sp³-hybridized carbons (Fsp3) is 0.519. The molecule has 3 aliphatic heterocycles. The van der Waals surface area contributed by atoms with Crippen LogP contribution in [0.25, 0.3) is 0 Å². The average Bonchev–Trinajstić information content (AvgIpc) is 2.91. The molecule has 0 bridgehead atoms. The Bertz CT molecular complexity index is 1140. The van der Waals surface area contributed by atoms with Gasteiger partial charge in [0.05, 0.1) is 30.0 Å². The summed E-state index contributed by atoms with van der Waals surface area (Å²) in [4.78, 5) is 36.7. The maximum absolute atomic E-state index is 14.0. The second-order valence-electron chi connectivity index (χ2n) is 9.92. The molecular formula is C27H31F3N4O3. The Hall–Kier alpha value is -3.30. The van der Waals surface area contributed by atoms with Crippen LogP contribution in [0.4, 0.5) is 24.7 Å². The van der Waals surface area contributed by atoms with Crippen LogP contribution in [0.1, 0.15) is 30.9 Å². The summed E-state index contributed by atoms with van der Waals surface area (Å²) in [6, 6.07) is 9.31. The first-order chi connectivity index (χ1) is 17.8. The van der Waals surface area contributed by atoms with Gasteiger partial charge in [-0.25, -0.2) is 4.98 Å². The summed E-state index contributed by atoms with van der Waals surface area (Å²) in [5, 5.41) is 0. The van der Waals surface area contributed by atoms with E-state index in [0.717, 1.165) is 17.6 Å². The summed E-state index contributed by atoms with van der Waals surface area (Å²) < 4.78 is 45.7. The van der Waals surface area contributed by atoms with E-state index in [9.17, 15) is 22.8 Å². The lowest BCUT2D eigenvalue weighted by molar-refractivity contribution is -0.152. The number of alkyl halides is 3. The zero-order valence-corrected chi connectivity index (χ0v) is 20.8. The molecule has 3 aliphatic rings. The molecule has 7 nitrogen and oxygen atoms in total. The van der Waals surface area contributed by atoms with Crippen molar-refractivity contribution in [1.29, 1.82) is 0 Å². The van der Waals surface area contributed by atoms with Crippen molar-refractivity contribution >= 4 is 23.4 Å². The molecule has 4 heterocycles. The first-order valence-electron chi connectivity index (χ1n) is 12.8. The Kier molecular flexibility index (Phi) is 7.00. The van der Waals surface area contributed by atoms with Crippen molar-refractivity contribution in [3.8, 4) is 0 Å². The number of piperidine rings is 1. The minimum absolute atomic E-state index is 0.116. The van der Waals surface area contributed by atoms with Gasteiger partial charge in [-0.3, -0.25) is 9.59 Å². The van der Waals surface area contributed by atoms with E-state index in [4.69, 9.17) is 4.74 Å².